The molecule has 12 nitrogen and oxygen atoms in total. The topological polar surface area (TPSA) is 167 Å². The minimum absolute atomic E-state index is 0.128. The van der Waals surface area contributed by atoms with E-state index in [1.165, 1.54) is 0 Å². The van der Waals surface area contributed by atoms with Crippen LogP contribution in [-0.2, 0) is 32.2 Å². The highest BCUT2D eigenvalue weighted by molar-refractivity contribution is 6.61. The van der Waals surface area contributed by atoms with Crippen LogP contribution in [-0.4, -0.2) is 34.9 Å². The van der Waals surface area contributed by atoms with Gasteiger partial charge < -0.3 is 18.9 Å². The summed E-state index contributed by atoms with van der Waals surface area (Å²) < 4.78 is 19.1. The number of hydrazine groups is 2. The molecule has 2 aromatic carbocycles. The number of halogens is 1. The summed E-state index contributed by atoms with van der Waals surface area (Å²) in [5, 5.41) is 0. The standard InChI is InChI=1S/C13H18N2O4.C8H7ClO2.C5H12N2O2/c1-13(2,3)19-12(17)15-14-11(16)18-9-10-7-5-4-6-8-10;9-8(10)11-6-7-4-2-1-3-5-7;1-5(2,3)9-4(8)7-6/h4-8H,9H2,1-3H3,(H,14,16)(H,15,17);1-5H,6H2;6H2,1-3H3,(H,7,8). The summed E-state index contributed by atoms with van der Waals surface area (Å²) in [7, 11) is 0. The molecule has 0 saturated heterocycles. The van der Waals surface area contributed by atoms with Gasteiger partial charge in [-0.3, -0.25) is 5.43 Å². The molecule has 2 rings (SSSR count). The maximum Gasteiger partial charge on any atom is 0.426 e. The van der Waals surface area contributed by atoms with Crippen LogP contribution in [0.2, 0.25) is 0 Å². The molecule has 0 spiro atoms. The third-order valence-electron chi connectivity index (χ3n) is 3.59. The lowest BCUT2D eigenvalue weighted by Gasteiger charge is -2.19. The number of nitrogens with two attached hydrogens (primary N) is 1. The van der Waals surface area contributed by atoms with Gasteiger partial charge in [0, 0.05) is 11.6 Å². The summed E-state index contributed by atoms with van der Waals surface area (Å²) in [4.78, 5) is 43.0. The minimum atomic E-state index is -0.770. The Bertz CT molecular complexity index is 1010. The SMILES string of the molecule is CC(C)(C)OC(=O)NN.CC(C)(C)OC(=O)NNC(=O)OCc1ccccc1.O=C(Cl)OCc1ccccc1. The summed E-state index contributed by atoms with van der Waals surface area (Å²) >= 11 is 4.97. The Balaban J connectivity index is 0.000000612. The van der Waals surface area contributed by atoms with E-state index in [1.54, 1.807) is 41.5 Å². The first-order chi connectivity index (χ1) is 18.1. The highest BCUT2D eigenvalue weighted by Crippen LogP contribution is 2.06. The first-order valence-corrected chi connectivity index (χ1v) is 12.0. The van der Waals surface area contributed by atoms with Gasteiger partial charge in [-0.2, -0.15) is 0 Å². The molecule has 0 radical (unpaired) electrons. The van der Waals surface area contributed by atoms with Gasteiger partial charge >= 0.3 is 23.7 Å². The molecule has 0 saturated carbocycles. The van der Waals surface area contributed by atoms with E-state index in [2.05, 4.69) is 15.6 Å². The molecule has 0 atom stereocenters. The van der Waals surface area contributed by atoms with Crippen LogP contribution in [0.15, 0.2) is 60.7 Å². The number of hydrogen-bond acceptors (Lipinski definition) is 9. The second-order valence-electron chi connectivity index (χ2n) is 9.47. The second kappa shape index (κ2) is 18.3. The van der Waals surface area contributed by atoms with Crippen molar-refractivity contribution in [1.82, 2.24) is 16.3 Å². The summed E-state index contributed by atoms with van der Waals surface area (Å²) in [6.07, 6.45) is -2.11. The highest BCUT2D eigenvalue weighted by atomic mass is 35.5. The molecule has 13 heteroatoms. The number of carbonyl (C=O) groups excluding carboxylic acids is 4. The van der Waals surface area contributed by atoms with E-state index in [-0.39, 0.29) is 13.2 Å². The minimum Gasteiger partial charge on any atom is -0.449 e. The van der Waals surface area contributed by atoms with Crippen molar-refractivity contribution in [2.75, 3.05) is 0 Å². The van der Waals surface area contributed by atoms with E-state index in [1.807, 2.05) is 66.1 Å². The van der Waals surface area contributed by atoms with Crippen molar-refractivity contribution in [3.05, 3.63) is 71.8 Å². The zero-order valence-electron chi connectivity index (χ0n) is 22.9. The third kappa shape index (κ3) is 22.9. The normalized spacial score (nSPS) is 10.2. The number of amides is 3. The van der Waals surface area contributed by atoms with Gasteiger partial charge in [0.2, 0.25) is 0 Å². The summed E-state index contributed by atoms with van der Waals surface area (Å²) in [6.45, 7) is 10.8. The maximum absolute atomic E-state index is 11.3. The Hall–Kier alpha value is -4.03. The Morgan fingerprint density at radius 3 is 1.41 bits per heavy atom. The second-order valence-corrected chi connectivity index (χ2v) is 9.78. The molecule has 0 unspecified atom stereocenters. The molecule has 0 aromatic heterocycles. The van der Waals surface area contributed by atoms with E-state index in [0.29, 0.717) is 0 Å². The predicted molar refractivity (Wildman–Crippen MR) is 145 cm³/mol. The van der Waals surface area contributed by atoms with E-state index in [9.17, 15) is 19.2 Å². The molecule has 0 aliphatic rings. The van der Waals surface area contributed by atoms with Crippen LogP contribution in [0.25, 0.3) is 0 Å². The van der Waals surface area contributed by atoms with Gasteiger partial charge in [0.25, 0.3) is 0 Å². The summed E-state index contributed by atoms with van der Waals surface area (Å²) in [6, 6.07) is 18.6. The Labute approximate surface area is 233 Å². The van der Waals surface area contributed by atoms with E-state index >= 15 is 0 Å². The van der Waals surface area contributed by atoms with Gasteiger partial charge in [-0.25, -0.2) is 35.9 Å². The first kappa shape index (κ1) is 35.0. The van der Waals surface area contributed by atoms with Crippen LogP contribution in [0.4, 0.5) is 19.2 Å². The smallest absolute Gasteiger partial charge is 0.426 e. The van der Waals surface area contributed by atoms with Crippen LogP contribution < -0.4 is 22.1 Å². The molecular formula is C26H37ClN4O8. The number of nitrogens with one attached hydrogen (secondary N) is 3. The Morgan fingerprint density at radius 2 is 1.05 bits per heavy atom. The van der Waals surface area contributed by atoms with Crippen molar-refractivity contribution in [3.8, 4) is 0 Å². The molecular weight excluding hydrogens is 532 g/mol. The largest absolute Gasteiger partial charge is 0.449 e. The van der Waals surface area contributed by atoms with Gasteiger partial charge in [-0.05, 0) is 52.7 Å². The number of hydrogen-bond donors (Lipinski definition) is 4. The Kier molecular flexibility index (Phi) is 16.4. The zero-order valence-corrected chi connectivity index (χ0v) is 23.7. The molecule has 216 valence electrons. The van der Waals surface area contributed by atoms with E-state index in [4.69, 9.17) is 31.7 Å². The molecule has 0 bridgehead atoms. The molecule has 0 aliphatic heterocycles. The van der Waals surface area contributed by atoms with Gasteiger partial charge in [0.15, 0.2) is 0 Å². The summed E-state index contributed by atoms with van der Waals surface area (Å²) in [5.74, 6) is 4.75. The van der Waals surface area contributed by atoms with Gasteiger partial charge in [0.1, 0.15) is 24.4 Å². The lowest BCUT2D eigenvalue weighted by atomic mass is 10.2. The third-order valence-corrected chi connectivity index (χ3v) is 3.70. The number of rotatable bonds is 4. The molecule has 2 aromatic rings. The molecule has 39 heavy (non-hydrogen) atoms. The number of benzene rings is 2. The molecule has 3 amide bonds. The quantitative estimate of drug-likeness (QED) is 0.126. The van der Waals surface area contributed by atoms with Crippen molar-refractivity contribution < 1.29 is 38.1 Å². The molecule has 0 heterocycles. The van der Waals surface area contributed by atoms with Crippen molar-refractivity contribution in [2.45, 2.75) is 66.0 Å². The van der Waals surface area contributed by atoms with E-state index < -0.39 is 34.9 Å². The lowest BCUT2D eigenvalue weighted by Crippen LogP contribution is -2.44. The summed E-state index contributed by atoms with van der Waals surface area (Å²) in [5.41, 5.74) is 5.96. The van der Waals surface area contributed by atoms with Crippen molar-refractivity contribution in [3.63, 3.8) is 0 Å². The van der Waals surface area contributed by atoms with Crippen molar-refractivity contribution in [1.29, 1.82) is 0 Å². The molecule has 5 N–H and O–H groups in total. The predicted octanol–water partition coefficient (Wildman–Crippen LogP) is 5.30. The van der Waals surface area contributed by atoms with Gasteiger partial charge in [0.05, 0.1) is 0 Å². The van der Waals surface area contributed by atoms with Crippen LogP contribution in [0.1, 0.15) is 52.7 Å². The first-order valence-electron chi connectivity index (χ1n) is 11.6. The average molecular weight is 569 g/mol. The maximum atomic E-state index is 11.3. The van der Waals surface area contributed by atoms with Crippen molar-refractivity contribution in [2.24, 2.45) is 5.84 Å². The van der Waals surface area contributed by atoms with Crippen LogP contribution in [0.5, 0.6) is 0 Å². The molecule has 0 aliphatic carbocycles. The van der Waals surface area contributed by atoms with E-state index in [0.717, 1.165) is 11.1 Å². The zero-order chi connectivity index (χ0) is 29.9. The number of ether oxygens (including phenoxy) is 4. The monoisotopic (exact) mass is 568 g/mol. The Morgan fingerprint density at radius 1 is 0.667 bits per heavy atom. The fourth-order valence-corrected chi connectivity index (χ4v) is 2.24. The van der Waals surface area contributed by atoms with Gasteiger partial charge in [-0.1, -0.05) is 60.7 Å². The van der Waals surface area contributed by atoms with Crippen LogP contribution >= 0.6 is 11.6 Å². The van der Waals surface area contributed by atoms with Crippen LogP contribution in [0, 0.1) is 0 Å². The average Bonchev–Trinajstić information content (AvgIpc) is 2.85. The highest BCUT2D eigenvalue weighted by Gasteiger charge is 2.16. The fourth-order valence-electron chi connectivity index (χ4n) is 2.19. The van der Waals surface area contributed by atoms with Crippen molar-refractivity contribution >= 4 is 35.3 Å². The van der Waals surface area contributed by atoms with Gasteiger partial charge in [-0.15, -0.1) is 0 Å². The number of carbonyl (C=O) groups is 4. The molecule has 0 fully saturated rings. The fraction of sp³-hybridized carbons (Fsp3) is 0.385. The van der Waals surface area contributed by atoms with Crippen LogP contribution in [0.3, 0.4) is 0 Å². The lowest BCUT2D eigenvalue weighted by molar-refractivity contribution is 0.0482.